The van der Waals surface area contributed by atoms with E-state index in [0.29, 0.717) is 11.6 Å². The molecule has 0 amide bonds. The van der Waals surface area contributed by atoms with Gasteiger partial charge in [-0.05, 0) is 30.3 Å². The van der Waals surface area contributed by atoms with Gasteiger partial charge < -0.3 is 10.5 Å². The number of nitrogens with two attached hydrogens (primary N) is 1. The number of hydrazine groups is 1. The molecule has 0 saturated heterocycles. The van der Waals surface area contributed by atoms with Gasteiger partial charge >= 0.3 is 0 Å². The highest BCUT2D eigenvalue weighted by molar-refractivity contribution is 7.89. The van der Waals surface area contributed by atoms with Crippen LogP contribution in [-0.2, 0) is 14.8 Å². The quantitative estimate of drug-likeness (QED) is 0.790. The van der Waals surface area contributed by atoms with Gasteiger partial charge in [0.05, 0.1) is 12.0 Å². The predicted octanol–water partition coefficient (Wildman–Crippen LogP) is 0.779. The van der Waals surface area contributed by atoms with Crippen molar-refractivity contribution in [1.29, 1.82) is 0 Å². The lowest BCUT2D eigenvalue weighted by atomic mass is 10.3. The molecular formula is C11H13N3O3S. The summed E-state index contributed by atoms with van der Waals surface area (Å²) in [6, 6.07) is 5.97. The Morgan fingerprint density at radius 2 is 1.94 bits per heavy atom. The second-order valence-electron chi connectivity index (χ2n) is 3.56. The third-order valence-electron chi connectivity index (χ3n) is 2.35. The highest BCUT2D eigenvalue weighted by Gasteiger charge is 2.23. The highest BCUT2D eigenvalue weighted by Crippen LogP contribution is 2.18. The third kappa shape index (κ3) is 2.25. The van der Waals surface area contributed by atoms with Crippen molar-refractivity contribution >= 4 is 15.7 Å². The number of nitrogen functional groups attached to an aromatic ring is 1. The molecule has 1 aromatic carbocycles. The van der Waals surface area contributed by atoms with Crippen LogP contribution in [0.3, 0.4) is 0 Å². The van der Waals surface area contributed by atoms with Gasteiger partial charge in [-0.1, -0.05) is 0 Å². The lowest BCUT2D eigenvalue weighted by molar-refractivity contribution is 0.221. The van der Waals surface area contributed by atoms with E-state index < -0.39 is 10.0 Å². The van der Waals surface area contributed by atoms with E-state index in [-0.39, 0.29) is 4.90 Å². The van der Waals surface area contributed by atoms with E-state index in [9.17, 15) is 8.42 Å². The Balaban J connectivity index is 2.30. The summed E-state index contributed by atoms with van der Waals surface area (Å²) < 4.78 is 30.4. The monoisotopic (exact) mass is 267 g/mol. The molecule has 2 rings (SSSR count). The van der Waals surface area contributed by atoms with Crippen molar-refractivity contribution in [3.8, 4) is 0 Å². The van der Waals surface area contributed by atoms with Gasteiger partial charge in [-0.2, -0.15) is 12.8 Å². The van der Waals surface area contributed by atoms with Crippen LogP contribution >= 0.6 is 0 Å². The van der Waals surface area contributed by atoms with Crippen LogP contribution in [0.1, 0.15) is 0 Å². The minimum Gasteiger partial charge on any atom is -0.481 e. The Morgan fingerprint density at radius 3 is 2.56 bits per heavy atom. The van der Waals surface area contributed by atoms with E-state index in [0.717, 1.165) is 4.41 Å². The topological polar surface area (TPSA) is 84.7 Å². The molecule has 1 aromatic rings. The summed E-state index contributed by atoms with van der Waals surface area (Å²) >= 11 is 0. The molecule has 0 aromatic heterocycles. The molecule has 18 heavy (non-hydrogen) atoms. The molecule has 7 heteroatoms. The first-order valence-corrected chi connectivity index (χ1v) is 6.57. The van der Waals surface area contributed by atoms with Crippen LogP contribution < -0.4 is 11.2 Å². The number of allylic oxidation sites excluding steroid dienone is 2. The van der Waals surface area contributed by atoms with Gasteiger partial charge in [-0.3, -0.25) is 5.43 Å². The normalized spacial score (nSPS) is 14.9. The molecule has 0 fully saturated rings. The first-order valence-electron chi connectivity index (χ1n) is 5.13. The largest absolute Gasteiger partial charge is 0.481 e. The van der Waals surface area contributed by atoms with E-state index in [1.54, 1.807) is 12.2 Å². The van der Waals surface area contributed by atoms with Crippen molar-refractivity contribution in [2.45, 2.75) is 4.90 Å². The summed E-state index contributed by atoms with van der Waals surface area (Å²) in [5.74, 6) is 0.344. The van der Waals surface area contributed by atoms with Crippen molar-refractivity contribution < 1.29 is 13.2 Å². The molecule has 1 heterocycles. The maximum atomic E-state index is 12.2. The van der Waals surface area contributed by atoms with Gasteiger partial charge in [0.25, 0.3) is 10.0 Å². The molecule has 0 unspecified atom stereocenters. The zero-order chi connectivity index (χ0) is 13.2. The van der Waals surface area contributed by atoms with Gasteiger partial charge in [-0.25, -0.2) is 0 Å². The average Bonchev–Trinajstić information content (AvgIpc) is 2.39. The number of sulfonamides is 1. The molecular weight excluding hydrogens is 254 g/mol. The van der Waals surface area contributed by atoms with Crippen LogP contribution in [0, 0.1) is 0 Å². The predicted molar refractivity (Wildman–Crippen MR) is 67.2 cm³/mol. The Bertz CT molecular complexity index is 590. The zero-order valence-corrected chi connectivity index (χ0v) is 10.5. The number of nitrogens with zero attached hydrogens (tertiary/aromatic N) is 1. The van der Waals surface area contributed by atoms with E-state index in [4.69, 9.17) is 10.5 Å². The fourth-order valence-electron chi connectivity index (χ4n) is 1.40. The first-order chi connectivity index (χ1) is 8.54. The summed E-state index contributed by atoms with van der Waals surface area (Å²) in [6.45, 7) is 0. The van der Waals surface area contributed by atoms with Crippen LogP contribution in [0.2, 0.25) is 0 Å². The fraction of sp³-hybridized carbons (Fsp3) is 0.0909. The van der Waals surface area contributed by atoms with Crippen molar-refractivity contribution in [1.82, 2.24) is 9.84 Å². The third-order valence-corrected chi connectivity index (χ3v) is 3.95. The number of methoxy groups -OCH3 is 1. The summed E-state index contributed by atoms with van der Waals surface area (Å²) in [6.07, 6.45) is 4.59. The minimum absolute atomic E-state index is 0.145. The standard InChI is InChI=1S/C11H13N3O3S/c1-17-11-3-2-8-14(13-11)18(15,16)10-6-4-9(12)5-7-10/h2-8,13H,12H2,1H3. The summed E-state index contributed by atoms with van der Waals surface area (Å²) in [4.78, 5) is 0.145. The number of ether oxygens (including phenoxy) is 1. The molecule has 96 valence electrons. The smallest absolute Gasteiger partial charge is 0.281 e. The second-order valence-corrected chi connectivity index (χ2v) is 5.37. The molecule has 0 radical (unpaired) electrons. The molecule has 6 nitrogen and oxygen atoms in total. The molecule has 0 spiro atoms. The lowest BCUT2D eigenvalue weighted by Crippen LogP contribution is -2.39. The number of hydrogen-bond donors (Lipinski definition) is 2. The molecule has 0 bridgehead atoms. The Labute approximate surface area is 105 Å². The van der Waals surface area contributed by atoms with Gasteiger partial charge in [0.15, 0.2) is 0 Å². The van der Waals surface area contributed by atoms with Crippen molar-refractivity contribution in [3.05, 3.63) is 48.5 Å². The van der Waals surface area contributed by atoms with Crippen LogP contribution in [0.4, 0.5) is 5.69 Å². The van der Waals surface area contributed by atoms with E-state index in [1.165, 1.54) is 37.6 Å². The molecule has 1 aliphatic heterocycles. The Morgan fingerprint density at radius 1 is 1.28 bits per heavy atom. The Hall–Kier alpha value is -2.15. The molecule has 3 N–H and O–H groups in total. The lowest BCUT2D eigenvalue weighted by Gasteiger charge is -2.24. The first kappa shape index (κ1) is 12.3. The average molecular weight is 267 g/mol. The molecule has 0 saturated carbocycles. The van der Waals surface area contributed by atoms with Crippen LogP contribution in [0.15, 0.2) is 53.4 Å². The van der Waals surface area contributed by atoms with E-state index in [2.05, 4.69) is 5.43 Å². The number of benzene rings is 1. The summed E-state index contributed by atoms with van der Waals surface area (Å²) in [5, 5.41) is 0. The van der Waals surface area contributed by atoms with Crippen molar-refractivity contribution in [2.75, 3.05) is 12.8 Å². The maximum Gasteiger partial charge on any atom is 0.281 e. The van der Waals surface area contributed by atoms with Gasteiger partial charge in [-0.15, -0.1) is 0 Å². The highest BCUT2D eigenvalue weighted by atomic mass is 32.2. The SMILES string of the molecule is COC1=CC=CN(S(=O)(=O)c2ccc(N)cc2)N1. The van der Waals surface area contributed by atoms with Gasteiger partial charge in [0, 0.05) is 18.0 Å². The number of nitrogens with one attached hydrogen (secondary N) is 1. The van der Waals surface area contributed by atoms with E-state index in [1.807, 2.05) is 0 Å². The maximum absolute atomic E-state index is 12.2. The number of hydrogen-bond acceptors (Lipinski definition) is 5. The van der Waals surface area contributed by atoms with Crippen LogP contribution in [0.5, 0.6) is 0 Å². The second kappa shape index (κ2) is 4.61. The number of rotatable bonds is 3. The van der Waals surface area contributed by atoms with Crippen LogP contribution in [0.25, 0.3) is 0 Å². The van der Waals surface area contributed by atoms with Gasteiger partial charge in [0.1, 0.15) is 0 Å². The fourth-order valence-corrected chi connectivity index (χ4v) is 2.55. The molecule has 0 atom stereocenters. The van der Waals surface area contributed by atoms with Crippen LogP contribution in [-0.4, -0.2) is 19.9 Å². The van der Waals surface area contributed by atoms with E-state index >= 15 is 0 Å². The minimum atomic E-state index is -3.66. The summed E-state index contributed by atoms with van der Waals surface area (Å²) in [5.41, 5.74) is 8.66. The molecule has 1 aliphatic rings. The zero-order valence-electron chi connectivity index (χ0n) is 9.70. The van der Waals surface area contributed by atoms with Crippen molar-refractivity contribution in [3.63, 3.8) is 0 Å². The van der Waals surface area contributed by atoms with Crippen molar-refractivity contribution in [2.24, 2.45) is 0 Å². The summed E-state index contributed by atoms with van der Waals surface area (Å²) in [7, 11) is -2.21. The van der Waals surface area contributed by atoms with Gasteiger partial charge in [0.2, 0.25) is 5.88 Å². The molecule has 0 aliphatic carbocycles. The Kier molecular flexibility index (Phi) is 3.15. The number of anilines is 1.